The predicted molar refractivity (Wildman–Crippen MR) is 98.5 cm³/mol. The van der Waals surface area contributed by atoms with Crippen molar-refractivity contribution < 1.29 is 17.9 Å². The van der Waals surface area contributed by atoms with Gasteiger partial charge >= 0.3 is 6.18 Å². The van der Waals surface area contributed by atoms with Crippen LogP contribution >= 0.6 is 0 Å². The average Bonchev–Trinajstić information content (AvgIpc) is 2.87. The predicted octanol–water partition coefficient (Wildman–Crippen LogP) is 3.00. The van der Waals surface area contributed by atoms with Gasteiger partial charge in [-0.25, -0.2) is 4.99 Å². The van der Waals surface area contributed by atoms with E-state index in [0.717, 1.165) is 57.2 Å². The molecule has 144 valence electrons. The third-order valence-electron chi connectivity index (χ3n) is 4.15. The zero-order valence-electron chi connectivity index (χ0n) is 14.7. The minimum Gasteiger partial charge on any atom is -0.383 e. The zero-order chi connectivity index (χ0) is 19.1. The maximum atomic E-state index is 12.6. The van der Waals surface area contributed by atoms with Crippen LogP contribution < -0.4 is 10.6 Å². The molecule has 2 heterocycles. The lowest BCUT2D eigenvalue weighted by atomic mass is 10.2. The van der Waals surface area contributed by atoms with Gasteiger partial charge in [0, 0.05) is 49.7 Å². The maximum Gasteiger partial charge on any atom is 0.416 e. The lowest BCUT2D eigenvalue weighted by molar-refractivity contribution is -0.137. The van der Waals surface area contributed by atoms with Gasteiger partial charge < -0.3 is 15.4 Å². The summed E-state index contributed by atoms with van der Waals surface area (Å²) in [6, 6.07) is 4.84. The number of nitrogens with zero attached hydrogens (tertiary/aromatic N) is 2. The van der Waals surface area contributed by atoms with Gasteiger partial charge in [0.1, 0.15) is 5.84 Å². The molecule has 8 heteroatoms. The van der Waals surface area contributed by atoms with Gasteiger partial charge in [-0.3, -0.25) is 4.90 Å². The first-order valence-electron chi connectivity index (χ1n) is 8.69. The number of halogens is 3. The van der Waals surface area contributed by atoms with Crippen LogP contribution in [0.25, 0.3) is 0 Å². The van der Waals surface area contributed by atoms with E-state index in [0.29, 0.717) is 11.5 Å². The summed E-state index contributed by atoms with van der Waals surface area (Å²) < 4.78 is 43.3. The number of hydrogen-bond acceptors (Lipinski definition) is 5. The van der Waals surface area contributed by atoms with Crippen LogP contribution in [0.5, 0.6) is 0 Å². The normalized spacial score (nSPS) is 17.9. The summed E-state index contributed by atoms with van der Waals surface area (Å²) in [7, 11) is 0. The van der Waals surface area contributed by atoms with Crippen molar-refractivity contribution in [1.29, 1.82) is 0 Å². The molecule has 0 spiro atoms. The van der Waals surface area contributed by atoms with Crippen LogP contribution in [0, 0.1) is 0 Å². The van der Waals surface area contributed by atoms with Crippen LogP contribution in [0.15, 0.2) is 59.0 Å². The van der Waals surface area contributed by atoms with Crippen LogP contribution in [0.3, 0.4) is 0 Å². The largest absolute Gasteiger partial charge is 0.416 e. The second-order valence-corrected chi connectivity index (χ2v) is 6.14. The minimum absolute atomic E-state index is 0.518. The Balaban J connectivity index is 1.56. The van der Waals surface area contributed by atoms with Gasteiger partial charge in [0.25, 0.3) is 0 Å². The second kappa shape index (κ2) is 8.90. The number of hydrogen-bond donors (Lipinski definition) is 2. The molecule has 2 N–H and O–H groups in total. The molecule has 2 aliphatic rings. The van der Waals surface area contributed by atoms with E-state index in [1.807, 2.05) is 0 Å². The first-order valence-corrected chi connectivity index (χ1v) is 8.69. The molecule has 0 saturated carbocycles. The Morgan fingerprint density at radius 3 is 2.59 bits per heavy atom. The fourth-order valence-corrected chi connectivity index (χ4v) is 2.70. The number of benzene rings is 1. The van der Waals surface area contributed by atoms with E-state index in [-0.39, 0.29) is 0 Å². The molecule has 0 aliphatic carbocycles. The fraction of sp³-hybridized carbons (Fsp3) is 0.368. The SMILES string of the molecule is FC(F)(F)c1ccc(NC2=NC=C=CC(NCCN3CCOCC3)=C2)cc1. The fourth-order valence-electron chi connectivity index (χ4n) is 2.70. The van der Waals surface area contributed by atoms with Gasteiger partial charge in [-0.05, 0) is 24.3 Å². The summed E-state index contributed by atoms with van der Waals surface area (Å²) in [5, 5.41) is 6.34. The molecule has 1 fully saturated rings. The molecule has 3 rings (SSSR count). The highest BCUT2D eigenvalue weighted by Gasteiger charge is 2.29. The highest BCUT2D eigenvalue weighted by molar-refractivity contribution is 6.04. The number of morpholine rings is 1. The van der Waals surface area contributed by atoms with Gasteiger partial charge in [-0.15, -0.1) is 0 Å². The van der Waals surface area contributed by atoms with E-state index in [2.05, 4.69) is 26.3 Å². The number of amidine groups is 1. The first kappa shape index (κ1) is 19.2. The van der Waals surface area contributed by atoms with E-state index >= 15 is 0 Å². The van der Waals surface area contributed by atoms with Crippen molar-refractivity contribution in [2.75, 3.05) is 44.7 Å². The summed E-state index contributed by atoms with van der Waals surface area (Å²) in [5.41, 5.74) is 3.62. The number of alkyl halides is 3. The van der Waals surface area contributed by atoms with Crippen LogP contribution in [0.1, 0.15) is 5.56 Å². The van der Waals surface area contributed by atoms with Crippen molar-refractivity contribution in [2.45, 2.75) is 6.18 Å². The highest BCUT2D eigenvalue weighted by atomic mass is 19.4. The zero-order valence-corrected chi connectivity index (χ0v) is 14.7. The lowest BCUT2D eigenvalue weighted by Crippen LogP contribution is -2.40. The number of rotatable bonds is 5. The van der Waals surface area contributed by atoms with Crippen LogP contribution in [-0.2, 0) is 10.9 Å². The summed E-state index contributed by atoms with van der Waals surface area (Å²) in [6.45, 7) is 5.05. The molecular weight excluding hydrogens is 357 g/mol. The Morgan fingerprint density at radius 1 is 1.15 bits per heavy atom. The molecule has 27 heavy (non-hydrogen) atoms. The van der Waals surface area contributed by atoms with E-state index in [4.69, 9.17) is 4.74 Å². The van der Waals surface area contributed by atoms with E-state index < -0.39 is 11.7 Å². The maximum absolute atomic E-state index is 12.6. The lowest BCUT2D eigenvalue weighted by Gasteiger charge is -2.26. The highest BCUT2D eigenvalue weighted by Crippen LogP contribution is 2.29. The van der Waals surface area contributed by atoms with Crippen molar-refractivity contribution in [3.63, 3.8) is 0 Å². The molecule has 2 aliphatic heterocycles. The third kappa shape index (κ3) is 5.99. The van der Waals surface area contributed by atoms with Crippen molar-refractivity contribution in [3.8, 4) is 0 Å². The molecule has 1 aromatic rings. The molecule has 5 nitrogen and oxygen atoms in total. The number of ether oxygens (including phenoxy) is 1. The standard InChI is InChI=1S/C19H21F3N4O/c20-19(21,22)15-3-5-16(6-4-15)25-18-14-17(2-1-7-24-18)23-8-9-26-10-12-27-13-11-26/h2-7,14,23H,8-13H2,(H,24,25). The van der Waals surface area contributed by atoms with E-state index in [1.165, 1.54) is 18.3 Å². The van der Waals surface area contributed by atoms with Crippen LogP contribution in [0.2, 0.25) is 0 Å². The molecule has 0 aromatic heterocycles. The summed E-state index contributed by atoms with van der Waals surface area (Å²) in [5.74, 6) is 0.518. The minimum atomic E-state index is -4.34. The van der Waals surface area contributed by atoms with Gasteiger partial charge in [0.15, 0.2) is 0 Å². The molecule has 0 atom stereocenters. The third-order valence-corrected chi connectivity index (χ3v) is 4.15. The Kier molecular flexibility index (Phi) is 6.34. The van der Waals surface area contributed by atoms with Crippen molar-refractivity contribution in [3.05, 3.63) is 59.6 Å². The summed E-state index contributed by atoms with van der Waals surface area (Å²) in [4.78, 5) is 6.53. The van der Waals surface area contributed by atoms with Gasteiger partial charge in [0.05, 0.1) is 25.0 Å². The van der Waals surface area contributed by atoms with Gasteiger partial charge in [-0.1, -0.05) is 5.73 Å². The number of anilines is 1. The van der Waals surface area contributed by atoms with Crippen molar-refractivity contribution >= 4 is 11.5 Å². The topological polar surface area (TPSA) is 48.9 Å². The Labute approximate surface area is 155 Å². The van der Waals surface area contributed by atoms with Gasteiger partial charge in [-0.2, -0.15) is 13.2 Å². The molecule has 0 bridgehead atoms. The Morgan fingerprint density at radius 2 is 1.89 bits per heavy atom. The van der Waals surface area contributed by atoms with Crippen LogP contribution in [0.4, 0.5) is 18.9 Å². The molecule has 1 aromatic carbocycles. The van der Waals surface area contributed by atoms with E-state index in [1.54, 1.807) is 12.2 Å². The number of aliphatic imine (C=N–C) groups is 1. The average molecular weight is 378 g/mol. The smallest absolute Gasteiger partial charge is 0.383 e. The number of nitrogens with one attached hydrogen (secondary N) is 2. The summed E-state index contributed by atoms with van der Waals surface area (Å²) >= 11 is 0. The molecular formula is C19H21F3N4O. The first-order chi connectivity index (χ1) is 13.0. The Bertz CT molecular complexity index is 756. The van der Waals surface area contributed by atoms with E-state index in [9.17, 15) is 13.2 Å². The van der Waals surface area contributed by atoms with Crippen molar-refractivity contribution in [2.24, 2.45) is 4.99 Å². The summed E-state index contributed by atoms with van der Waals surface area (Å²) in [6.07, 6.45) is 0.750. The monoisotopic (exact) mass is 378 g/mol. The molecule has 0 radical (unpaired) electrons. The molecule has 0 amide bonds. The van der Waals surface area contributed by atoms with Crippen molar-refractivity contribution in [1.82, 2.24) is 10.2 Å². The quantitative estimate of drug-likeness (QED) is 0.774. The second-order valence-electron chi connectivity index (χ2n) is 6.14. The van der Waals surface area contributed by atoms with Crippen LogP contribution in [-0.4, -0.2) is 50.1 Å². The molecule has 0 unspecified atom stereocenters. The number of allylic oxidation sites excluding steroid dienone is 1. The Hall–Kier alpha value is -2.54. The molecule has 1 saturated heterocycles. The van der Waals surface area contributed by atoms with Gasteiger partial charge in [0.2, 0.25) is 0 Å².